The summed E-state index contributed by atoms with van der Waals surface area (Å²) in [6.45, 7) is 6.73. The molecule has 1 aromatic carbocycles. The highest BCUT2D eigenvalue weighted by atomic mass is 32.1. The zero-order valence-corrected chi connectivity index (χ0v) is 12.9. The average Bonchev–Trinajstić information content (AvgIpc) is 2.80. The van der Waals surface area contributed by atoms with Gasteiger partial charge in [-0.3, -0.25) is 0 Å². The maximum absolute atomic E-state index is 5.24. The third-order valence-corrected chi connectivity index (χ3v) is 4.65. The molecule has 0 aliphatic carbocycles. The second-order valence-electron chi connectivity index (χ2n) is 4.86. The maximum Gasteiger partial charge on any atom is 0.184 e. The number of fused-ring (bicyclic) bond motifs is 1. The van der Waals surface area contributed by atoms with Crippen LogP contribution in [0.2, 0.25) is 0 Å². The van der Waals surface area contributed by atoms with Crippen molar-refractivity contribution in [3.8, 4) is 5.75 Å². The van der Waals surface area contributed by atoms with Gasteiger partial charge in [-0.15, -0.1) is 0 Å². The van der Waals surface area contributed by atoms with E-state index >= 15 is 0 Å². The molecule has 1 unspecified atom stereocenters. The van der Waals surface area contributed by atoms with E-state index in [0.717, 1.165) is 16.4 Å². The Bertz CT molecular complexity index is 534. The Morgan fingerprint density at radius 1 is 1.32 bits per heavy atom. The summed E-state index contributed by atoms with van der Waals surface area (Å²) in [5.74, 6) is 1.58. The standard InChI is InChI=1S/C15H22N2OS/c1-5-11(6-2)10(3)16-15-17-13-8-7-12(18-4)9-14(13)19-15/h7-11H,5-6H2,1-4H3,(H,16,17). The van der Waals surface area contributed by atoms with Gasteiger partial charge in [-0.1, -0.05) is 38.0 Å². The van der Waals surface area contributed by atoms with E-state index in [-0.39, 0.29) is 0 Å². The van der Waals surface area contributed by atoms with Crippen LogP contribution in [0.3, 0.4) is 0 Å². The van der Waals surface area contributed by atoms with Gasteiger partial charge in [0.15, 0.2) is 5.13 Å². The van der Waals surface area contributed by atoms with Gasteiger partial charge in [0.2, 0.25) is 0 Å². The largest absolute Gasteiger partial charge is 0.497 e. The molecule has 0 amide bonds. The van der Waals surface area contributed by atoms with Crippen molar-refractivity contribution in [3.63, 3.8) is 0 Å². The normalized spacial score (nSPS) is 12.9. The highest BCUT2D eigenvalue weighted by molar-refractivity contribution is 7.22. The molecule has 0 saturated carbocycles. The Balaban J connectivity index is 2.17. The fraction of sp³-hybridized carbons (Fsp3) is 0.533. The van der Waals surface area contributed by atoms with Gasteiger partial charge in [-0.05, 0) is 31.0 Å². The van der Waals surface area contributed by atoms with Gasteiger partial charge in [-0.25, -0.2) is 4.98 Å². The van der Waals surface area contributed by atoms with Gasteiger partial charge in [0.05, 0.1) is 17.3 Å². The van der Waals surface area contributed by atoms with Crippen molar-refractivity contribution in [2.75, 3.05) is 12.4 Å². The van der Waals surface area contributed by atoms with Gasteiger partial charge in [-0.2, -0.15) is 0 Å². The number of thiazole rings is 1. The number of anilines is 1. The van der Waals surface area contributed by atoms with E-state index < -0.39 is 0 Å². The number of ether oxygens (including phenoxy) is 1. The lowest BCUT2D eigenvalue weighted by atomic mass is 9.96. The molecule has 1 aromatic heterocycles. The van der Waals surface area contributed by atoms with Crippen LogP contribution in [-0.4, -0.2) is 18.1 Å². The first-order chi connectivity index (χ1) is 9.17. The first-order valence-electron chi connectivity index (χ1n) is 6.89. The van der Waals surface area contributed by atoms with E-state index in [1.165, 1.54) is 17.5 Å². The zero-order chi connectivity index (χ0) is 13.8. The number of nitrogens with one attached hydrogen (secondary N) is 1. The van der Waals surface area contributed by atoms with Crippen molar-refractivity contribution < 1.29 is 4.74 Å². The second kappa shape index (κ2) is 6.24. The van der Waals surface area contributed by atoms with Crippen LogP contribution in [0, 0.1) is 5.92 Å². The van der Waals surface area contributed by atoms with Crippen LogP contribution in [0.15, 0.2) is 18.2 Å². The highest BCUT2D eigenvalue weighted by Gasteiger charge is 2.15. The van der Waals surface area contributed by atoms with Crippen LogP contribution >= 0.6 is 11.3 Å². The minimum absolute atomic E-state index is 0.456. The average molecular weight is 278 g/mol. The summed E-state index contributed by atoms with van der Waals surface area (Å²) in [6.07, 6.45) is 2.40. The summed E-state index contributed by atoms with van der Waals surface area (Å²) in [4.78, 5) is 4.63. The number of benzene rings is 1. The van der Waals surface area contributed by atoms with Crippen LogP contribution in [0.25, 0.3) is 10.2 Å². The topological polar surface area (TPSA) is 34.2 Å². The third-order valence-electron chi connectivity index (χ3n) is 3.70. The van der Waals surface area contributed by atoms with Crippen molar-refractivity contribution in [1.82, 2.24) is 4.98 Å². The van der Waals surface area contributed by atoms with Crippen molar-refractivity contribution in [2.45, 2.75) is 39.7 Å². The Hall–Kier alpha value is -1.29. The summed E-state index contributed by atoms with van der Waals surface area (Å²) in [5.41, 5.74) is 1.03. The molecule has 0 radical (unpaired) electrons. The lowest BCUT2D eigenvalue weighted by molar-refractivity contribution is 0.415. The van der Waals surface area contributed by atoms with Crippen molar-refractivity contribution in [3.05, 3.63) is 18.2 Å². The first kappa shape index (κ1) is 14.1. The van der Waals surface area contributed by atoms with Crippen LogP contribution in [0.5, 0.6) is 5.75 Å². The monoisotopic (exact) mass is 278 g/mol. The van der Waals surface area contributed by atoms with E-state index in [9.17, 15) is 0 Å². The van der Waals surface area contributed by atoms with E-state index in [0.29, 0.717) is 12.0 Å². The minimum atomic E-state index is 0.456. The molecule has 0 saturated heterocycles. The smallest absolute Gasteiger partial charge is 0.184 e. The van der Waals surface area contributed by atoms with Crippen LogP contribution in [0.4, 0.5) is 5.13 Å². The molecule has 1 heterocycles. The third kappa shape index (κ3) is 3.18. The molecule has 2 rings (SSSR count). The van der Waals surface area contributed by atoms with Crippen LogP contribution in [0.1, 0.15) is 33.6 Å². The molecule has 0 spiro atoms. The van der Waals surface area contributed by atoms with Crippen molar-refractivity contribution >= 4 is 26.7 Å². The molecular weight excluding hydrogens is 256 g/mol. The van der Waals surface area contributed by atoms with Gasteiger partial charge >= 0.3 is 0 Å². The number of rotatable bonds is 6. The quantitative estimate of drug-likeness (QED) is 0.842. The summed E-state index contributed by atoms with van der Waals surface area (Å²) in [5, 5.41) is 4.54. The lowest BCUT2D eigenvalue weighted by Crippen LogP contribution is -2.24. The van der Waals surface area contributed by atoms with Crippen LogP contribution in [-0.2, 0) is 0 Å². The molecule has 4 heteroatoms. The molecule has 0 aliphatic rings. The Morgan fingerprint density at radius 2 is 2.05 bits per heavy atom. The fourth-order valence-corrected chi connectivity index (χ4v) is 3.39. The summed E-state index contributed by atoms with van der Waals surface area (Å²) in [7, 11) is 1.69. The number of hydrogen-bond acceptors (Lipinski definition) is 4. The van der Waals surface area contributed by atoms with E-state index in [1.54, 1.807) is 18.4 Å². The molecule has 104 valence electrons. The number of hydrogen-bond donors (Lipinski definition) is 1. The number of methoxy groups -OCH3 is 1. The van der Waals surface area contributed by atoms with E-state index in [1.807, 2.05) is 18.2 Å². The second-order valence-corrected chi connectivity index (χ2v) is 5.89. The Labute approximate surface area is 119 Å². The van der Waals surface area contributed by atoms with Gasteiger partial charge in [0.1, 0.15) is 5.75 Å². The fourth-order valence-electron chi connectivity index (χ4n) is 2.40. The van der Waals surface area contributed by atoms with Crippen molar-refractivity contribution in [2.24, 2.45) is 5.92 Å². The minimum Gasteiger partial charge on any atom is -0.497 e. The summed E-state index contributed by atoms with van der Waals surface area (Å²) < 4.78 is 6.41. The first-order valence-corrected chi connectivity index (χ1v) is 7.70. The molecule has 0 bridgehead atoms. The lowest BCUT2D eigenvalue weighted by Gasteiger charge is -2.21. The molecule has 19 heavy (non-hydrogen) atoms. The summed E-state index contributed by atoms with van der Waals surface area (Å²) in [6, 6.07) is 6.46. The summed E-state index contributed by atoms with van der Waals surface area (Å²) >= 11 is 1.69. The number of aromatic nitrogens is 1. The van der Waals surface area contributed by atoms with Gasteiger partial charge in [0.25, 0.3) is 0 Å². The van der Waals surface area contributed by atoms with E-state index in [2.05, 4.69) is 31.1 Å². The van der Waals surface area contributed by atoms with Crippen molar-refractivity contribution in [1.29, 1.82) is 0 Å². The maximum atomic E-state index is 5.24. The van der Waals surface area contributed by atoms with Crippen LogP contribution < -0.4 is 10.1 Å². The van der Waals surface area contributed by atoms with Gasteiger partial charge < -0.3 is 10.1 Å². The molecule has 0 fully saturated rings. The molecule has 1 atom stereocenters. The SMILES string of the molecule is CCC(CC)C(C)Nc1nc2ccc(OC)cc2s1. The Kier molecular flexibility index (Phi) is 4.64. The predicted octanol–water partition coefficient (Wildman–Crippen LogP) is 4.54. The zero-order valence-electron chi connectivity index (χ0n) is 12.1. The molecular formula is C15H22N2OS. The van der Waals surface area contributed by atoms with Gasteiger partial charge in [0, 0.05) is 6.04 Å². The van der Waals surface area contributed by atoms with E-state index in [4.69, 9.17) is 4.74 Å². The predicted molar refractivity (Wildman–Crippen MR) is 83.3 cm³/mol. The number of nitrogens with zero attached hydrogens (tertiary/aromatic N) is 1. The molecule has 2 aromatic rings. The molecule has 1 N–H and O–H groups in total. The Morgan fingerprint density at radius 3 is 2.68 bits per heavy atom. The molecule has 3 nitrogen and oxygen atoms in total. The highest BCUT2D eigenvalue weighted by Crippen LogP contribution is 2.30. The molecule has 0 aliphatic heterocycles.